The second-order valence-corrected chi connectivity index (χ2v) is 8.05. The zero-order valence-corrected chi connectivity index (χ0v) is 18.4. The first-order valence-electron chi connectivity index (χ1n) is 10.7. The highest BCUT2D eigenvalue weighted by atomic mass is 19.4. The van der Waals surface area contributed by atoms with Crippen molar-refractivity contribution in [3.8, 4) is 11.1 Å². The van der Waals surface area contributed by atoms with Gasteiger partial charge in [0.1, 0.15) is 5.69 Å². The van der Waals surface area contributed by atoms with Crippen molar-refractivity contribution < 1.29 is 17.9 Å². The lowest BCUT2D eigenvalue weighted by Gasteiger charge is -2.35. The van der Waals surface area contributed by atoms with E-state index in [0.29, 0.717) is 18.2 Å². The molecule has 1 unspecified atom stereocenters. The quantitative estimate of drug-likeness (QED) is 0.556. The van der Waals surface area contributed by atoms with Gasteiger partial charge in [-0.15, -0.1) is 0 Å². The molecule has 1 atom stereocenters. The Labute approximate surface area is 190 Å². The lowest BCUT2D eigenvalue weighted by atomic mass is 10.0. The number of benzene rings is 1. The summed E-state index contributed by atoms with van der Waals surface area (Å²) in [6.07, 6.45) is 3.38. The van der Waals surface area contributed by atoms with E-state index in [-0.39, 0.29) is 12.0 Å². The first-order valence-corrected chi connectivity index (χ1v) is 10.7. The van der Waals surface area contributed by atoms with Crippen LogP contribution in [0.4, 0.5) is 30.8 Å². The molecule has 0 aliphatic carbocycles. The Balaban J connectivity index is 1.55. The summed E-state index contributed by atoms with van der Waals surface area (Å²) < 4.78 is 44.2. The summed E-state index contributed by atoms with van der Waals surface area (Å²) in [6, 6.07) is 6.68. The van der Waals surface area contributed by atoms with Gasteiger partial charge < -0.3 is 15.0 Å². The predicted molar refractivity (Wildman–Crippen MR) is 119 cm³/mol. The maximum absolute atomic E-state index is 12.9. The molecule has 1 N–H and O–H groups in total. The van der Waals surface area contributed by atoms with Gasteiger partial charge in [0.05, 0.1) is 12.6 Å². The van der Waals surface area contributed by atoms with Crippen LogP contribution in [0.1, 0.15) is 30.5 Å². The van der Waals surface area contributed by atoms with Crippen molar-refractivity contribution in [2.45, 2.75) is 38.4 Å². The fourth-order valence-electron chi connectivity index (χ4n) is 3.98. The van der Waals surface area contributed by atoms with Crippen molar-refractivity contribution in [3.63, 3.8) is 0 Å². The molecule has 3 heterocycles. The van der Waals surface area contributed by atoms with E-state index in [0.717, 1.165) is 54.8 Å². The molecule has 33 heavy (non-hydrogen) atoms. The van der Waals surface area contributed by atoms with Gasteiger partial charge in [0.15, 0.2) is 0 Å². The number of nitrogens with one attached hydrogen (secondary N) is 1. The molecule has 1 saturated heterocycles. The summed E-state index contributed by atoms with van der Waals surface area (Å²) in [6.45, 7) is 3.43. The van der Waals surface area contributed by atoms with Crippen molar-refractivity contribution in [2.24, 2.45) is 0 Å². The van der Waals surface area contributed by atoms with Crippen LogP contribution in [0.5, 0.6) is 0 Å². The first-order chi connectivity index (χ1) is 15.8. The van der Waals surface area contributed by atoms with Crippen molar-refractivity contribution in [2.75, 3.05) is 30.5 Å². The molecule has 3 aromatic rings. The minimum Gasteiger partial charge on any atom is -0.383 e. The summed E-state index contributed by atoms with van der Waals surface area (Å²) in [4.78, 5) is 18.8. The zero-order valence-electron chi connectivity index (χ0n) is 18.4. The first kappa shape index (κ1) is 22.9. The standard InChI is InChI=1S/C23H25F3N6O/c1-15-9-16(11-18(10-15)30-21-27-7-6-20(31-21)23(24,25)26)17-12-28-22(29-13-17)32-8-4-3-5-19(32)14-33-2/h6-7,9-13,19H,3-5,8,14H2,1-2H3,(H,27,30,31). The number of anilines is 3. The molecule has 1 aromatic carbocycles. The normalized spacial score (nSPS) is 16.6. The molecular weight excluding hydrogens is 433 g/mol. The minimum atomic E-state index is -4.53. The van der Waals surface area contributed by atoms with Crippen LogP contribution in [-0.2, 0) is 10.9 Å². The Morgan fingerprint density at radius 3 is 2.61 bits per heavy atom. The van der Waals surface area contributed by atoms with E-state index in [1.165, 1.54) is 0 Å². The van der Waals surface area contributed by atoms with Crippen LogP contribution in [0.2, 0.25) is 0 Å². The molecule has 1 aliphatic heterocycles. The molecular formula is C23H25F3N6O. The number of piperidine rings is 1. The largest absolute Gasteiger partial charge is 0.433 e. The third-order valence-electron chi connectivity index (χ3n) is 5.49. The van der Waals surface area contributed by atoms with E-state index in [4.69, 9.17) is 4.74 Å². The molecule has 0 radical (unpaired) electrons. The van der Waals surface area contributed by atoms with Gasteiger partial charge in [-0.3, -0.25) is 0 Å². The topological polar surface area (TPSA) is 76.1 Å². The highest BCUT2D eigenvalue weighted by Gasteiger charge is 2.32. The molecule has 0 bridgehead atoms. The Kier molecular flexibility index (Phi) is 6.73. The number of nitrogens with zero attached hydrogens (tertiary/aromatic N) is 5. The Hall–Kier alpha value is -3.27. The monoisotopic (exact) mass is 458 g/mol. The summed E-state index contributed by atoms with van der Waals surface area (Å²) >= 11 is 0. The fraction of sp³-hybridized carbons (Fsp3) is 0.391. The van der Waals surface area contributed by atoms with E-state index in [1.54, 1.807) is 19.5 Å². The highest BCUT2D eigenvalue weighted by Crippen LogP contribution is 2.30. The summed E-state index contributed by atoms with van der Waals surface area (Å²) in [5, 5.41) is 2.87. The van der Waals surface area contributed by atoms with Gasteiger partial charge in [0, 0.05) is 43.5 Å². The van der Waals surface area contributed by atoms with Gasteiger partial charge in [-0.25, -0.2) is 19.9 Å². The number of aryl methyl sites for hydroxylation is 1. The van der Waals surface area contributed by atoms with Crippen LogP contribution >= 0.6 is 0 Å². The molecule has 0 spiro atoms. The lowest BCUT2D eigenvalue weighted by Crippen LogP contribution is -2.43. The number of ether oxygens (including phenoxy) is 1. The molecule has 1 fully saturated rings. The SMILES string of the molecule is COCC1CCCCN1c1ncc(-c2cc(C)cc(Nc3nccc(C(F)(F)F)n3)c2)cn1. The second-order valence-electron chi connectivity index (χ2n) is 8.05. The molecule has 174 valence electrons. The number of hydrogen-bond donors (Lipinski definition) is 1. The number of alkyl halides is 3. The third-order valence-corrected chi connectivity index (χ3v) is 5.49. The Morgan fingerprint density at radius 2 is 1.88 bits per heavy atom. The molecule has 0 saturated carbocycles. The molecule has 10 heteroatoms. The summed E-state index contributed by atoms with van der Waals surface area (Å²) in [5.41, 5.74) is 2.13. The number of hydrogen-bond acceptors (Lipinski definition) is 7. The number of rotatable bonds is 6. The molecule has 4 rings (SSSR count). The Morgan fingerprint density at radius 1 is 1.09 bits per heavy atom. The van der Waals surface area contributed by atoms with Crippen molar-refractivity contribution in [1.29, 1.82) is 0 Å². The molecule has 1 aliphatic rings. The number of methoxy groups -OCH3 is 1. The number of aromatic nitrogens is 4. The highest BCUT2D eigenvalue weighted by molar-refractivity contribution is 5.70. The average molecular weight is 458 g/mol. The zero-order chi connectivity index (χ0) is 23.4. The Bertz CT molecular complexity index is 1090. The van der Waals surface area contributed by atoms with Crippen molar-refractivity contribution in [3.05, 3.63) is 54.1 Å². The average Bonchev–Trinajstić information content (AvgIpc) is 2.79. The van der Waals surface area contributed by atoms with Crippen LogP contribution in [0.3, 0.4) is 0 Å². The van der Waals surface area contributed by atoms with Gasteiger partial charge in [-0.1, -0.05) is 6.07 Å². The molecule has 7 nitrogen and oxygen atoms in total. The smallest absolute Gasteiger partial charge is 0.383 e. The van der Waals surface area contributed by atoms with Gasteiger partial charge in [0.25, 0.3) is 0 Å². The summed E-state index contributed by atoms with van der Waals surface area (Å²) in [5.74, 6) is 0.547. The van der Waals surface area contributed by atoms with Crippen LogP contribution in [0.15, 0.2) is 42.9 Å². The van der Waals surface area contributed by atoms with E-state index in [2.05, 4.69) is 30.2 Å². The van der Waals surface area contributed by atoms with Crippen LogP contribution in [0.25, 0.3) is 11.1 Å². The van der Waals surface area contributed by atoms with Crippen molar-refractivity contribution >= 4 is 17.6 Å². The maximum atomic E-state index is 12.9. The third kappa shape index (κ3) is 5.57. The van der Waals surface area contributed by atoms with Crippen LogP contribution in [0, 0.1) is 6.92 Å². The van der Waals surface area contributed by atoms with E-state index in [1.807, 2.05) is 25.1 Å². The van der Waals surface area contributed by atoms with E-state index in [9.17, 15) is 13.2 Å². The maximum Gasteiger partial charge on any atom is 0.433 e. The second kappa shape index (κ2) is 9.70. The fourth-order valence-corrected chi connectivity index (χ4v) is 3.98. The minimum absolute atomic E-state index is 0.123. The molecule has 0 amide bonds. The van der Waals surface area contributed by atoms with E-state index < -0.39 is 11.9 Å². The summed E-state index contributed by atoms with van der Waals surface area (Å²) in [7, 11) is 1.70. The van der Waals surface area contributed by atoms with Crippen molar-refractivity contribution in [1.82, 2.24) is 19.9 Å². The van der Waals surface area contributed by atoms with E-state index >= 15 is 0 Å². The predicted octanol–water partition coefficient (Wildman–Crippen LogP) is 5.01. The van der Waals surface area contributed by atoms with Crippen LogP contribution in [-0.4, -0.2) is 46.2 Å². The van der Waals surface area contributed by atoms with Gasteiger partial charge in [0.2, 0.25) is 11.9 Å². The molecule has 2 aromatic heterocycles. The lowest BCUT2D eigenvalue weighted by molar-refractivity contribution is -0.141. The number of halogens is 3. The van der Waals surface area contributed by atoms with Gasteiger partial charge in [-0.2, -0.15) is 13.2 Å². The van der Waals surface area contributed by atoms with Gasteiger partial charge in [-0.05, 0) is 55.5 Å². The van der Waals surface area contributed by atoms with Gasteiger partial charge >= 0.3 is 6.18 Å². The van der Waals surface area contributed by atoms with Crippen LogP contribution < -0.4 is 10.2 Å².